The number of aryl methyl sites for hydroxylation is 3. The Morgan fingerprint density at radius 2 is 1.79 bits per heavy atom. The van der Waals surface area contributed by atoms with Crippen molar-refractivity contribution in [3.8, 4) is 0 Å². The molecule has 152 valence electrons. The molecule has 1 N–H and O–H groups in total. The minimum atomic E-state index is -3.75. The van der Waals surface area contributed by atoms with E-state index < -0.39 is 15.1 Å². The first-order valence-electron chi connectivity index (χ1n) is 9.53. The van der Waals surface area contributed by atoms with Gasteiger partial charge in [0.15, 0.2) is 9.84 Å². The molecule has 6 heteroatoms. The molecular formula is C23H25NO4S. The first-order valence-corrected chi connectivity index (χ1v) is 11.1. The van der Waals surface area contributed by atoms with Gasteiger partial charge in [-0.05, 0) is 55.2 Å². The predicted molar refractivity (Wildman–Crippen MR) is 112 cm³/mol. The fourth-order valence-corrected chi connectivity index (χ4v) is 5.12. The van der Waals surface area contributed by atoms with Crippen molar-refractivity contribution in [2.75, 3.05) is 6.54 Å². The third-order valence-electron chi connectivity index (χ3n) is 4.85. The quantitative estimate of drug-likeness (QED) is 0.604. The summed E-state index contributed by atoms with van der Waals surface area (Å²) in [6.07, 6.45) is 2.33. The van der Waals surface area contributed by atoms with Crippen molar-refractivity contribution < 1.29 is 17.6 Å². The van der Waals surface area contributed by atoms with E-state index in [0.717, 1.165) is 11.1 Å². The monoisotopic (exact) mass is 411 g/mol. The number of nitrogens with one attached hydrogen (secondary N) is 1. The number of hydrogen-bond acceptors (Lipinski definition) is 4. The Balaban J connectivity index is 1.76. The maximum Gasteiger partial charge on any atom is 0.220 e. The standard InChI is InChI=1S/C23H25NO4S/c1-17-10-11-18(2)21(15-17)29(26,27)22(20-9-6-14-28-20)16-24-23(25)13-12-19-7-4-3-5-8-19/h3-11,14-15,22H,12-13,16H2,1-2H3,(H,24,25)/t22-/m1/s1. The highest BCUT2D eigenvalue weighted by Gasteiger charge is 2.33. The fourth-order valence-electron chi connectivity index (χ4n) is 3.20. The highest BCUT2D eigenvalue weighted by molar-refractivity contribution is 7.91. The van der Waals surface area contributed by atoms with Crippen LogP contribution in [0.5, 0.6) is 0 Å². The first-order chi connectivity index (χ1) is 13.9. The van der Waals surface area contributed by atoms with Crippen LogP contribution < -0.4 is 5.32 Å². The lowest BCUT2D eigenvalue weighted by atomic mass is 10.1. The minimum Gasteiger partial charge on any atom is -0.468 e. The summed E-state index contributed by atoms with van der Waals surface area (Å²) >= 11 is 0. The van der Waals surface area contributed by atoms with Crippen molar-refractivity contribution >= 4 is 15.7 Å². The van der Waals surface area contributed by atoms with Crippen molar-refractivity contribution in [2.45, 2.75) is 36.8 Å². The molecule has 3 aromatic rings. The van der Waals surface area contributed by atoms with Gasteiger partial charge in [0.1, 0.15) is 11.0 Å². The van der Waals surface area contributed by atoms with Gasteiger partial charge in [-0.25, -0.2) is 8.42 Å². The first kappa shape index (κ1) is 20.9. The number of sulfone groups is 1. The topological polar surface area (TPSA) is 76.4 Å². The van der Waals surface area contributed by atoms with Gasteiger partial charge >= 0.3 is 0 Å². The second kappa shape index (κ2) is 9.09. The molecule has 0 saturated heterocycles. The number of hydrogen-bond donors (Lipinski definition) is 1. The number of benzene rings is 2. The third-order valence-corrected chi connectivity index (χ3v) is 7.05. The SMILES string of the molecule is Cc1ccc(C)c(S(=O)(=O)[C@H](CNC(=O)CCc2ccccc2)c2ccco2)c1. The van der Waals surface area contributed by atoms with Gasteiger partial charge in [-0.1, -0.05) is 42.5 Å². The second-order valence-electron chi connectivity index (χ2n) is 7.11. The van der Waals surface area contributed by atoms with E-state index in [1.54, 1.807) is 31.2 Å². The lowest BCUT2D eigenvalue weighted by Gasteiger charge is -2.18. The molecule has 0 aliphatic rings. The summed E-state index contributed by atoms with van der Waals surface area (Å²) in [6.45, 7) is 3.58. The van der Waals surface area contributed by atoms with Crippen molar-refractivity contribution in [3.63, 3.8) is 0 Å². The van der Waals surface area contributed by atoms with Crippen molar-refractivity contribution in [1.82, 2.24) is 5.32 Å². The van der Waals surface area contributed by atoms with Gasteiger partial charge < -0.3 is 9.73 Å². The molecule has 3 rings (SSSR count). The summed E-state index contributed by atoms with van der Waals surface area (Å²) in [6, 6.07) is 18.3. The van der Waals surface area contributed by atoms with E-state index in [-0.39, 0.29) is 17.3 Å². The Morgan fingerprint density at radius 3 is 2.48 bits per heavy atom. The van der Waals surface area contributed by atoms with E-state index in [0.29, 0.717) is 24.2 Å². The number of carbonyl (C=O) groups is 1. The van der Waals surface area contributed by atoms with E-state index in [1.165, 1.54) is 6.26 Å². The van der Waals surface area contributed by atoms with Gasteiger partial charge in [0.2, 0.25) is 5.91 Å². The minimum absolute atomic E-state index is 0.0448. The largest absolute Gasteiger partial charge is 0.468 e. The molecule has 0 radical (unpaired) electrons. The zero-order valence-corrected chi connectivity index (χ0v) is 17.4. The Kier molecular flexibility index (Phi) is 6.54. The average molecular weight is 412 g/mol. The van der Waals surface area contributed by atoms with Crippen LogP contribution in [-0.2, 0) is 21.1 Å². The van der Waals surface area contributed by atoms with Gasteiger partial charge in [0.05, 0.1) is 11.2 Å². The zero-order chi connectivity index (χ0) is 20.9. The van der Waals surface area contributed by atoms with Crippen LogP contribution >= 0.6 is 0 Å². The maximum absolute atomic E-state index is 13.4. The predicted octanol–water partition coefficient (Wildman–Crippen LogP) is 4.16. The Morgan fingerprint density at radius 1 is 1.03 bits per heavy atom. The molecule has 5 nitrogen and oxygen atoms in total. The van der Waals surface area contributed by atoms with Gasteiger partial charge in [-0.3, -0.25) is 4.79 Å². The molecule has 0 saturated carbocycles. The van der Waals surface area contributed by atoms with E-state index >= 15 is 0 Å². The van der Waals surface area contributed by atoms with E-state index in [4.69, 9.17) is 4.42 Å². The second-order valence-corrected chi connectivity index (χ2v) is 9.21. The van der Waals surface area contributed by atoms with Crippen LogP contribution in [0.15, 0.2) is 76.2 Å². The average Bonchev–Trinajstić information content (AvgIpc) is 3.23. The molecular weight excluding hydrogens is 386 g/mol. The molecule has 0 aliphatic heterocycles. The van der Waals surface area contributed by atoms with Crippen LogP contribution in [0.2, 0.25) is 0 Å². The highest BCUT2D eigenvalue weighted by Crippen LogP contribution is 2.31. The van der Waals surface area contributed by atoms with Gasteiger partial charge in [0.25, 0.3) is 0 Å². The van der Waals surface area contributed by atoms with Crippen LogP contribution in [-0.4, -0.2) is 20.9 Å². The smallest absolute Gasteiger partial charge is 0.220 e. The van der Waals surface area contributed by atoms with Gasteiger partial charge in [-0.15, -0.1) is 0 Å². The van der Waals surface area contributed by atoms with Crippen LogP contribution in [0.4, 0.5) is 0 Å². The molecule has 1 atom stereocenters. The van der Waals surface area contributed by atoms with Crippen LogP contribution in [0.25, 0.3) is 0 Å². The third kappa shape index (κ3) is 5.15. The molecule has 0 aliphatic carbocycles. The van der Waals surface area contributed by atoms with E-state index in [1.807, 2.05) is 43.3 Å². The van der Waals surface area contributed by atoms with Crippen molar-refractivity contribution in [3.05, 3.63) is 89.4 Å². The molecule has 2 aromatic carbocycles. The van der Waals surface area contributed by atoms with Gasteiger partial charge in [0, 0.05) is 13.0 Å². The van der Waals surface area contributed by atoms with Crippen molar-refractivity contribution in [2.24, 2.45) is 0 Å². The number of carbonyl (C=O) groups excluding carboxylic acids is 1. The van der Waals surface area contributed by atoms with E-state index in [2.05, 4.69) is 5.32 Å². The zero-order valence-electron chi connectivity index (χ0n) is 16.6. The van der Waals surface area contributed by atoms with Crippen molar-refractivity contribution in [1.29, 1.82) is 0 Å². The summed E-state index contributed by atoms with van der Waals surface area (Å²) in [7, 11) is -3.75. The van der Waals surface area contributed by atoms with Crippen LogP contribution in [0, 0.1) is 13.8 Å². The number of amides is 1. The summed E-state index contributed by atoms with van der Waals surface area (Å²) in [5.41, 5.74) is 2.59. The molecule has 1 aromatic heterocycles. The fraction of sp³-hybridized carbons (Fsp3) is 0.261. The maximum atomic E-state index is 13.4. The number of furan rings is 1. The molecule has 1 heterocycles. The van der Waals surface area contributed by atoms with Crippen LogP contribution in [0.3, 0.4) is 0 Å². The summed E-state index contributed by atoms with van der Waals surface area (Å²) in [4.78, 5) is 12.6. The van der Waals surface area contributed by atoms with Crippen LogP contribution in [0.1, 0.15) is 34.1 Å². The molecule has 29 heavy (non-hydrogen) atoms. The molecule has 0 unspecified atom stereocenters. The summed E-state index contributed by atoms with van der Waals surface area (Å²) in [5, 5.41) is 1.79. The molecule has 0 fully saturated rings. The lowest BCUT2D eigenvalue weighted by Crippen LogP contribution is -2.32. The highest BCUT2D eigenvalue weighted by atomic mass is 32.2. The molecule has 1 amide bonds. The normalized spacial score (nSPS) is 12.5. The number of rotatable bonds is 8. The Hall–Kier alpha value is -2.86. The Labute approximate surface area is 171 Å². The Bertz CT molecular complexity index is 1060. The summed E-state index contributed by atoms with van der Waals surface area (Å²) < 4.78 is 32.2. The lowest BCUT2D eigenvalue weighted by molar-refractivity contribution is -0.121. The molecule has 0 spiro atoms. The molecule has 0 bridgehead atoms. The summed E-state index contributed by atoms with van der Waals surface area (Å²) in [5.74, 6) is 0.121. The van der Waals surface area contributed by atoms with Gasteiger partial charge in [-0.2, -0.15) is 0 Å². The van der Waals surface area contributed by atoms with E-state index in [9.17, 15) is 13.2 Å².